The van der Waals surface area contributed by atoms with E-state index in [0.29, 0.717) is 0 Å². The highest BCUT2D eigenvalue weighted by Crippen LogP contribution is 2.17. The van der Waals surface area contributed by atoms with Crippen LogP contribution in [-0.2, 0) is 4.79 Å². The molecule has 1 N–H and O–H groups in total. The van der Waals surface area contributed by atoms with Crippen molar-refractivity contribution in [2.45, 2.75) is 32.6 Å². The summed E-state index contributed by atoms with van der Waals surface area (Å²) in [6.45, 7) is 5.33. The van der Waals surface area contributed by atoms with Gasteiger partial charge < -0.3 is 10.0 Å². The van der Waals surface area contributed by atoms with Gasteiger partial charge in [0.15, 0.2) is 0 Å². The number of nitrogens with zero attached hydrogens (tertiary/aromatic N) is 1. The van der Waals surface area contributed by atoms with Crippen molar-refractivity contribution in [1.82, 2.24) is 4.90 Å². The molecule has 0 amide bonds. The third kappa shape index (κ3) is 3.35. The summed E-state index contributed by atoms with van der Waals surface area (Å²) in [6.07, 6.45) is 3.89. The molecule has 0 radical (unpaired) electrons. The Labute approximate surface area is 79.7 Å². The van der Waals surface area contributed by atoms with Crippen molar-refractivity contribution in [3.05, 3.63) is 0 Å². The van der Waals surface area contributed by atoms with Crippen LogP contribution in [0.4, 0.5) is 0 Å². The average Bonchev–Trinajstić information content (AvgIpc) is 2.30. The topological polar surface area (TPSA) is 40.5 Å². The van der Waals surface area contributed by atoms with Gasteiger partial charge in [0.05, 0.1) is 5.92 Å². The largest absolute Gasteiger partial charge is 0.481 e. The van der Waals surface area contributed by atoms with Gasteiger partial charge in [0.25, 0.3) is 0 Å². The molecule has 0 aliphatic carbocycles. The van der Waals surface area contributed by atoms with Gasteiger partial charge in [-0.1, -0.05) is 6.92 Å². The highest BCUT2D eigenvalue weighted by atomic mass is 16.4. The Morgan fingerprint density at radius 3 is 2.85 bits per heavy atom. The van der Waals surface area contributed by atoms with Gasteiger partial charge >= 0.3 is 5.97 Å². The summed E-state index contributed by atoms with van der Waals surface area (Å²) in [5.41, 5.74) is 0. The number of likely N-dealkylation sites (tertiary alicyclic amines) is 1. The Kier molecular flexibility index (Phi) is 4.22. The zero-order valence-corrected chi connectivity index (χ0v) is 8.33. The lowest BCUT2D eigenvalue weighted by Crippen LogP contribution is -2.26. The van der Waals surface area contributed by atoms with Gasteiger partial charge in [0.1, 0.15) is 0 Å². The van der Waals surface area contributed by atoms with Crippen molar-refractivity contribution in [2.24, 2.45) is 5.92 Å². The van der Waals surface area contributed by atoms with Crippen molar-refractivity contribution < 1.29 is 9.90 Å². The number of hydrogen-bond acceptors (Lipinski definition) is 2. The van der Waals surface area contributed by atoms with Crippen LogP contribution in [0.25, 0.3) is 0 Å². The number of hydrogen-bond donors (Lipinski definition) is 1. The first kappa shape index (κ1) is 10.5. The SMILES string of the molecule is CCCN1CCCC(C(=O)O)CC1. The van der Waals surface area contributed by atoms with Crippen LogP contribution in [-0.4, -0.2) is 35.6 Å². The molecule has 1 heterocycles. The van der Waals surface area contributed by atoms with E-state index in [0.717, 1.165) is 45.3 Å². The van der Waals surface area contributed by atoms with Gasteiger partial charge in [-0.15, -0.1) is 0 Å². The molecule has 1 atom stereocenters. The van der Waals surface area contributed by atoms with E-state index in [1.807, 2.05) is 0 Å². The molecule has 0 bridgehead atoms. The molecule has 0 saturated carbocycles. The second-order valence-corrected chi connectivity index (χ2v) is 3.81. The van der Waals surface area contributed by atoms with Crippen molar-refractivity contribution in [1.29, 1.82) is 0 Å². The Balaban J connectivity index is 2.35. The van der Waals surface area contributed by atoms with E-state index in [1.165, 1.54) is 0 Å². The van der Waals surface area contributed by atoms with Gasteiger partial charge in [-0.25, -0.2) is 0 Å². The maximum absolute atomic E-state index is 10.8. The lowest BCUT2D eigenvalue weighted by atomic mass is 10.0. The zero-order chi connectivity index (χ0) is 9.68. The predicted octanol–water partition coefficient (Wildman–Crippen LogP) is 1.58. The van der Waals surface area contributed by atoms with Gasteiger partial charge in [0.2, 0.25) is 0 Å². The van der Waals surface area contributed by atoms with Gasteiger partial charge in [-0.05, 0) is 45.3 Å². The minimum Gasteiger partial charge on any atom is -0.481 e. The van der Waals surface area contributed by atoms with E-state index in [-0.39, 0.29) is 5.92 Å². The first-order valence-electron chi connectivity index (χ1n) is 5.19. The normalized spacial score (nSPS) is 25.5. The van der Waals surface area contributed by atoms with Crippen LogP contribution in [0.3, 0.4) is 0 Å². The molecule has 1 aliphatic rings. The van der Waals surface area contributed by atoms with Crippen molar-refractivity contribution >= 4 is 5.97 Å². The summed E-state index contributed by atoms with van der Waals surface area (Å²) in [7, 11) is 0. The molecular formula is C10H19NO2. The maximum atomic E-state index is 10.8. The molecule has 3 nitrogen and oxygen atoms in total. The fourth-order valence-corrected chi connectivity index (χ4v) is 1.94. The first-order chi connectivity index (χ1) is 6.24. The summed E-state index contributed by atoms with van der Waals surface area (Å²) in [4.78, 5) is 13.1. The lowest BCUT2D eigenvalue weighted by Gasteiger charge is -2.18. The third-order valence-corrected chi connectivity index (χ3v) is 2.71. The van der Waals surface area contributed by atoms with Crippen LogP contribution in [0, 0.1) is 5.92 Å². The van der Waals surface area contributed by atoms with Crippen LogP contribution in [0.15, 0.2) is 0 Å². The molecule has 76 valence electrons. The second kappa shape index (κ2) is 5.22. The molecule has 3 heteroatoms. The van der Waals surface area contributed by atoms with E-state index in [1.54, 1.807) is 0 Å². The molecule has 0 aromatic heterocycles. The fourth-order valence-electron chi connectivity index (χ4n) is 1.94. The monoisotopic (exact) mass is 185 g/mol. The summed E-state index contributed by atoms with van der Waals surface area (Å²) < 4.78 is 0. The highest BCUT2D eigenvalue weighted by Gasteiger charge is 2.21. The van der Waals surface area contributed by atoms with Gasteiger partial charge in [-0.2, -0.15) is 0 Å². The summed E-state index contributed by atoms with van der Waals surface area (Å²) >= 11 is 0. The Morgan fingerprint density at radius 2 is 2.23 bits per heavy atom. The molecule has 1 saturated heterocycles. The number of carboxylic acids is 1. The molecule has 13 heavy (non-hydrogen) atoms. The number of carbonyl (C=O) groups is 1. The Bertz CT molecular complexity index is 170. The number of rotatable bonds is 3. The van der Waals surface area contributed by atoms with Gasteiger partial charge in [-0.3, -0.25) is 4.79 Å². The van der Waals surface area contributed by atoms with E-state index >= 15 is 0 Å². The maximum Gasteiger partial charge on any atom is 0.306 e. The second-order valence-electron chi connectivity index (χ2n) is 3.81. The fraction of sp³-hybridized carbons (Fsp3) is 0.900. The number of aliphatic carboxylic acids is 1. The highest BCUT2D eigenvalue weighted by molar-refractivity contribution is 5.69. The minimum absolute atomic E-state index is 0.0955. The van der Waals surface area contributed by atoms with E-state index < -0.39 is 5.97 Å². The van der Waals surface area contributed by atoms with Crippen molar-refractivity contribution in [3.63, 3.8) is 0 Å². The summed E-state index contributed by atoms with van der Waals surface area (Å²) in [5.74, 6) is -0.708. The van der Waals surface area contributed by atoms with E-state index in [2.05, 4.69) is 11.8 Å². The molecule has 1 unspecified atom stereocenters. The molecule has 0 aromatic rings. The van der Waals surface area contributed by atoms with Crippen LogP contribution >= 0.6 is 0 Å². The van der Waals surface area contributed by atoms with E-state index in [4.69, 9.17) is 5.11 Å². The summed E-state index contributed by atoms with van der Waals surface area (Å²) in [6, 6.07) is 0. The minimum atomic E-state index is -0.613. The Morgan fingerprint density at radius 1 is 1.46 bits per heavy atom. The lowest BCUT2D eigenvalue weighted by molar-refractivity contribution is -0.142. The van der Waals surface area contributed by atoms with Crippen LogP contribution in [0.1, 0.15) is 32.6 Å². The molecule has 0 aromatic carbocycles. The van der Waals surface area contributed by atoms with Crippen LogP contribution in [0.2, 0.25) is 0 Å². The van der Waals surface area contributed by atoms with Crippen molar-refractivity contribution in [2.75, 3.05) is 19.6 Å². The predicted molar refractivity (Wildman–Crippen MR) is 51.7 cm³/mol. The zero-order valence-electron chi connectivity index (χ0n) is 8.33. The van der Waals surface area contributed by atoms with Crippen LogP contribution < -0.4 is 0 Å². The van der Waals surface area contributed by atoms with Crippen molar-refractivity contribution in [3.8, 4) is 0 Å². The van der Waals surface area contributed by atoms with Crippen LogP contribution in [0.5, 0.6) is 0 Å². The quantitative estimate of drug-likeness (QED) is 0.725. The van der Waals surface area contributed by atoms with Gasteiger partial charge in [0, 0.05) is 0 Å². The molecule has 1 aliphatic heterocycles. The van der Waals surface area contributed by atoms with E-state index in [9.17, 15) is 4.79 Å². The standard InChI is InChI=1S/C10H19NO2/c1-2-6-11-7-3-4-9(5-8-11)10(12)13/h9H,2-8H2,1H3,(H,12,13). The molecule has 0 spiro atoms. The summed E-state index contributed by atoms with van der Waals surface area (Å²) in [5, 5.41) is 8.86. The third-order valence-electron chi connectivity index (χ3n) is 2.71. The smallest absolute Gasteiger partial charge is 0.306 e. The average molecular weight is 185 g/mol. The number of carboxylic acid groups (broad SMARTS) is 1. The molecule has 1 fully saturated rings. The first-order valence-corrected chi connectivity index (χ1v) is 5.19. The Hall–Kier alpha value is -0.570. The molecule has 1 rings (SSSR count). The molecular weight excluding hydrogens is 166 g/mol.